The van der Waals surface area contributed by atoms with E-state index in [1.54, 1.807) is 11.1 Å². The van der Waals surface area contributed by atoms with Gasteiger partial charge < -0.3 is 19.7 Å². The SMILES string of the molecule is Cc1cnc(-c2cccc(NC(=O)N3C[C@@H](O)[C@H](c4ccccc4)C3)c2)o1. The molecule has 1 aromatic heterocycles. The predicted octanol–water partition coefficient (Wildman–Crippen LogP) is 3.64. The topological polar surface area (TPSA) is 78.6 Å². The largest absolute Gasteiger partial charge is 0.441 e. The summed E-state index contributed by atoms with van der Waals surface area (Å²) in [5.74, 6) is 1.18. The van der Waals surface area contributed by atoms with Crippen LogP contribution in [-0.4, -0.2) is 40.2 Å². The number of aliphatic hydroxyl groups is 1. The van der Waals surface area contributed by atoms with Crippen LogP contribution in [0, 0.1) is 6.92 Å². The average Bonchev–Trinajstić information content (AvgIpc) is 3.29. The van der Waals surface area contributed by atoms with Crippen LogP contribution in [0.3, 0.4) is 0 Å². The molecule has 4 rings (SSSR count). The van der Waals surface area contributed by atoms with Gasteiger partial charge in [0.2, 0.25) is 5.89 Å². The minimum atomic E-state index is -0.570. The van der Waals surface area contributed by atoms with Gasteiger partial charge >= 0.3 is 6.03 Å². The first-order valence-corrected chi connectivity index (χ1v) is 8.92. The summed E-state index contributed by atoms with van der Waals surface area (Å²) in [7, 11) is 0. The molecule has 0 saturated carbocycles. The van der Waals surface area contributed by atoms with Crippen LogP contribution in [-0.2, 0) is 0 Å². The molecule has 0 aliphatic carbocycles. The molecule has 0 radical (unpaired) electrons. The molecule has 2 heterocycles. The number of aryl methyl sites for hydroxylation is 1. The fraction of sp³-hybridized carbons (Fsp3) is 0.238. The summed E-state index contributed by atoms with van der Waals surface area (Å²) in [5.41, 5.74) is 2.50. The Bertz CT molecular complexity index is 939. The molecule has 0 unspecified atom stereocenters. The van der Waals surface area contributed by atoms with Gasteiger partial charge in [-0.25, -0.2) is 9.78 Å². The third-order valence-corrected chi connectivity index (χ3v) is 4.79. The normalized spacial score (nSPS) is 19.3. The number of carbonyl (C=O) groups is 1. The van der Waals surface area contributed by atoms with E-state index in [1.807, 2.05) is 61.5 Å². The second-order valence-electron chi connectivity index (χ2n) is 6.78. The average molecular weight is 363 g/mol. The van der Waals surface area contributed by atoms with E-state index in [0.29, 0.717) is 24.7 Å². The number of oxazole rings is 1. The highest BCUT2D eigenvalue weighted by Gasteiger charge is 2.34. The molecule has 27 heavy (non-hydrogen) atoms. The number of carbonyl (C=O) groups excluding carboxylic acids is 1. The molecule has 6 nitrogen and oxygen atoms in total. The number of nitrogens with zero attached hydrogens (tertiary/aromatic N) is 2. The van der Waals surface area contributed by atoms with Gasteiger partial charge in [0.15, 0.2) is 0 Å². The van der Waals surface area contributed by atoms with Gasteiger partial charge in [-0.3, -0.25) is 0 Å². The molecule has 2 N–H and O–H groups in total. The molecule has 1 aliphatic heterocycles. The molecule has 1 saturated heterocycles. The summed E-state index contributed by atoms with van der Waals surface area (Å²) in [6.45, 7) is 2.63. The number of hydrogen-bond acceptors (Lipinski definition) is 4. The molecule has 0 spiro atoms. The lowest BCUT2D eigenvalue weighted by atomic mass is 9.96. The van der Waals surface area contributed by atoms with Crippen LogP contribution in [0.15, 0.2) is 65.2 Å². The molecule has 2 atom stereocenters. The van der Waals surface area contributed by atoms with Crippen LogP contribution in [0.1, 0.15) is 17.2 Å². The summed E-state index contributed by atoms with van der Waals surface area (Å²) in [4.78, 5) is 18.5. The lowest BCUT2D eigenvalue weighted by molar-refractivity contribution is 0.165. The third-order valence-electron chi connectivity index (χ3n) is 4.79. The highest BCUT2D eigenvalue weighted by Crippen LogP contribution is 2.28. The highest BCUT2D eigenvalue weighted by atomic mass is 16.4. The van der Waals surface area contributed by atoms with Crippen LogP contribution < -0.4 is 5.32 Å². The molecule has 2 aromatic carbocycles. The zero-order chi connectivity index (χ0) is 18.8. The molecule has 3 aromatic rings. The quantitative estimate of drug-likeness (QED) is 0.745. The Labute approximate surface area is 157 Å². The van der Waals surface area contributed by atoms with Crippen molar-refractivity contribution >= 4 is 11.7 Å². The number of urea groups is 1. The van der Waals surface area contributed by atoms with Crippen LogP contribution in [0.5, 0.6) is 0 Å². The predicted molar refractivity (Wildman–Crippen MR) is 102 cm³/mol. The molecule has 1 fully saturated rings. The first kappa shape index (κ1) is 17.3. The smallest absolute Gasteiger partial charge is 0.321 e. The van der Waals surface area contributed by atoms with Gasteiger partial charge in [-0.2, -0.15) is 0 Å². The molecule has 2 amide bonds. The van der Waals surface area contributed by atoms with Gasteiger partial charge in [0.25, 0.3) is 0 Å². The number of hydrogen-bond donors (Lipinski definition) is 2. The summed E-state index contributed by atoms with van der Waals surface area (Å²) in [6, 6.07) is 16.9. The lowest BCUT2D eigenvalue weighted by Crippen LogP contribution is -2.33. The number of aliphatic hydroxyl groups excluding tert-OH is 1. The van der Waals surface area contributed by atoms with Gasteiger partial charge in [-0.15, -0.1) is 0 Å². The zero-order valence-corrected chi connectivity index (χ0v) is 15.0. The zero-order valence-electron chi connectivity index (χ0n) is 15.0. The van der Waals surface area contributed by atoms with Crippen molar-refractivity contribution in [1.82, 2.24) is 9.88 Å². The van der Waals surface area contributed by atoms with Crippen molar-refractivity contribution in [1.29, 1.82) is 0 Å². The second kappa shape index (κ2) is 7.25. The van der Waals surface area contributed by atoms with E-state index >= 15 is 0 Å². The fourth-order valence-electron chi connectivity index (χ4n) is 3.40. The summed E-state index contributed by atoms with van der Waals surface area (Å²) < 4.78 is 5.54. The Morgan fingerprint density at radius 3 is 2.74 bits per heavy atom. The van der Waals surface area contributed by atoms with Gasteiger partial charge in [0, 0.05) is 30.3 Å². The minimum Gasteiger partial charge on any atom is -0.441 e. The van der Waals surface area contributed by atoms with Crippen molar-refractivity contribution in [2.24, 2.45) is 0 Å². The maximum Gasteiger partial charge on any atom is 0.321 e. The standard InChI is InChI=1S/C21H21N3O3/c1-14-11-22-20(27-14)16-8-5-9-17(10-16)23-21(26)24-12-18(19(25)13-24)15-6-3-2-4-7-15/h2-11,18-19,25H,12-13H2,1H3,(H,23,26)/t18-,19+/m0/s1. The molecule has 6 heteroatoms. The Morgan fingerprint density at radius 1 is 1.19 bits per heavy atom. The van der Waals surface area contributed by atoms with E-state index < -0.39 is 6.10 Å². The number of likely N-dealkylation sites (tertiary alicyclic amines) is 1. The maximum atomic E-state index is 12.7. The Hall–Kier alpha value is -3.12. The van der Waals surface area contributed by atoms with Gasteiger partial charge in [-0.1, -0.05) is 36.4 Å². The van der Waals surface area contributed by atoms with Crippen molar-refractivity contribution in [2.75, 3.05) is 18.4 Å². The van der Waals surface area contributed by atoms with E-state index in [4.69, 9.17) is 4.42 Å². The minimum absolute atomic E-state index is 0.0708. The summed E-state index contributed by atoms with van der Waals surface area (Å²) in [5, 5.41) is 13.3. The Kier molecular flexibility index (Phi) is 4.64. The number of aromatic nitrogens is 1. The van der Waals surface area contributed by atoms with E-state index in [9.17, 15) is 9.90 Å². The van der Waals surface area contributed by atoms with Crippen LogP contribution in [0.2, 0.25) is 0 Å². The van der Waals surface area contributed by atoms with Crippen molar-refractivity contribution in [3.8, 4) is 11.5 Å². The maximum absolute atomic E-state index is 12.7. The van der Waals surface area contributed by atoms with Crippen LogP contribution in [0.25, 0.3) is 11.5 Å². The first-order valence-electron chi connectivity index (χ1n) is 8.92. The number of rotatable bonds is 3. The van der Waals surface area contributed by atoms with Gasteiger partial charge in [-0.05, 0) is 30.7 Å². The van der Waals surface area contributed by atoms with Gasteiger partial charge in [0.1, 0.15) is 5.76 Å². The van der Waals surface area contributed by atoms with E-state index in [1.165, 1.54) is 0 Å². The van der Waals surface area contributed by atoms with E-state index in [0.717, 1.165) is 16.9 Å². The molecule has 0 bridgehead atoms. The third kappa shape index (κ3) is 3.71. The van der Waals surface area contributed by atoms with Crippen molar-refractivity contribution < 1.29 is 14.3 Å². The molecular weight excluding hydrogens is 342 g/mol. The summed E-state index contributed by atoms with van der Waals surface area (Å²) in [6.07, 6.45) is 1.09. The van der Waals surface area contributed by atoms with Crippen molar-refractivity contribution in [2.45, 2.75) is 18.9 Å². The highest BCUT2D eigenvalue weighted by molar-refractivity contribution is 5.90. The van der Waals surface area contributed by atoms with Crippen molar-refractivity contribution in [3.63, 3.8) is 0 Å². The Balaban J connectivity index is 1.45. The number of anilines is 1. The number of benzene rings is 2. The number of β-amino-alcohol motifs (C(OH)–C–C–N with tert-alkyl or cyclic N) is 1. The van der Waals surface area contributed by atoms with E-state index in [-0.39, 0.29) is 11.9 Å². The fourth-order valence-corrected chi connectivity index (χ4v) is 3.40. The number of amides is 2. The second-order valence-corrected chi connectivity index (χ2v) is 6.78. The molecular formula is C21H21N3O3. The number of nitrogens with one attached hydrogen (secondary N) is 1. The first-order chi connectivity index (χ1) is 13.1. The summed E-state index contributed by atoms with van der Waals surface area (Å²) >= 11 is 0. The lowest BCUT2D eigenvalue weighted by Gasteiger charge is -2.17. The van der Waals surface area contributed by atoms with Crippen molar-refractivity contribution in [3.05, 3.63) is 72.1 Å². The monoisotopic (exact) mass is 363 g/mol. The molecule has 1 aliphatic rings. The molecule has 138 valence electrons. The van der Waals surface area contributed by atoms with E-state index in [2.05, 4.69) is 10.3 Å². The van der Waals surface area contributed by atoms with Gasteiger partial charge in [0.05, 0.1) is 12.3 Å². The van der Waals surface area contributed by atoms with Crippen LogP contribution in [0.4, 0.5) is 10.5 Å². The Morgan fingerprint density at radius 2 is 2.00 bits per heavy atom. The van der Waals surface area contributed by atoms with Crippen LogP contribution >= 0.6 is 0 Å².